The minimum atomic E-state index is 0.0735. The molecule has 3 aliphatic rings. The van der Waals surface area contributed by atoms with E-state index in [1.807, 2.05) is 11.8 Å². The van der Waals surface area contributed by atoms with Crippen LogP contribution in [0.15, 0.2) is 0 Å². The molecule has 5 nitrogen and oxygen atoms in total. The van der Waals surface area contributed by atoms with Crippen LogP contribution in [0.4, 0.5) is 4.79 Å². The van der Waals surface area contributed by atoms with Crippen molar-refractivity contribution in [1.29, 1.82) is 0 Å². The van der Waals surface area contributed by atoms with Gasteiger partial charge in [-0.3, -0.25) is 0 Å². The number of urea groups is 1. The average Bonchev–Trinajstić information content (AvgIpc) is 2.45. The average molecular weight is 310 g/mol. The summed E-state index contributed by atoms with van der Waals surface area (Å²) >= 11 is 0. The van der Waals surface area contributed by atoms with Crippen LogP contribution in [0, 0.1) is 5.41 Å². The summed E-state index contributed by atoms with van der Waals surface area (Å²) < 4.78 is 5.85. The quantitative estimate of drug-likeness (QED) is 0.819. The van der Waals surface area contributed by atoms with E-state index in [0.717, 1.165) is 38.8 Å². The summed E-state index contributed by atoms with van der Waals surface area (Å²) in [6.07, 6.45) is 8.87. The Kier molecular flexibility index (Phi) is 4.93. The van der Waals surface area contributed by atoms with Crippen molar-refractivity contribution in [3.05, 3.63) is 0 Å². The zero-order valence-electron chi connectivity index (χ0n) is 13.7. The van der Waals surface area contributed by atoms with Gasteiger partial charge in [0.1, 0.15) is 0 Å². The number of aliphatic hydroxyl groups is 1. The Hall–Kier alpha value is -0.810. The molecule has 2 amide bonds. The van der Waals surface area contributed by atoms with E-state index in [0.29, 0.717) is 12.5 Å². The molecule has 2 saturated carbocycles. The zero-order chi connectivity index (χ0) is 15.6. The largest absolute Gasteiger partial charge is 0.396 e. The van der Waals surface area contributed by atoms with Crippen LogP contribution < -0.4 is 5.32 Å². The van der Waals surface area contributed by atoms with E-state index in [9.17, 15) is 9.90 Å². The molecule has 2 aliphatic carbocycles. The number of carbonyl (C=O) groups is 1. The number of hydrogen-bond donors (Lipinski definition) is 2. The highest BCUT2D eigenvalue weighted by Gasteiger charge is 2.59. The molecule has 0 bridgehead atoms. The lowest BCUT2D eigenvalue weighted by molar-refractivity contribution is -0.170. The maximum absolute atomic E-state index is 12.7. The molecular weight excluding hydrogens is 280 g/mol. The number of ether oxygens (including phenoxy) is 1. The second-order valence-electron chi connectivity index (χ2n) is 7.12. The monoisotopic (exact) mass is 310 g/mol. The van der Waals surface area contributed by atoms with Gasteiger partial charge in [0, 0.05) is 37.3 Å². The molecule has 1 heterocycles. The van der Waals surface area contributed by atoms with Crippen molar-refractivity contribution in [3.8, 4) is 0 Å². The van der Waals surface area contributed by atoms with Gasteiger partial charge in [0.15, 0.2) is 0 Å². The lowest BCUT2D eigenvalue weighted by Gasteiger charge is -2.61. The van der Waals surface area contributed by atoms with Crippen molar-refractivity contribution in [1.82, 2.24) is 10.2 Å². The summed E-state index contributed by atoms with van der Waals surface area (Å²) in [5.74, 6) is 0. The second kappa shape index (κ2) is 6.75. The van der Waals surface area contributed by atoms with Crippen molar-refractivity contribution < 1.29 is 14.6 Å². The van der Waals surface area contributed by atoms with Gasteiger partial charge in [-0.05, 0) is 51.9 Å². The highest BCUT2D eigenvalue weighted by atomic mass is 16.5. The Morgan fingerprint density at radius 2 is 2.18 bits per heavy atom. The van der Waals surface area contributed by atoms with E-state index >= 15 is 0 Å². The number of carbonyl (C=O) groups excluding carboxylic acids is 1. The van der Waals surface area contributed by atoms with Gasteiger partial charge in [-0.1, -0.05) is 6.42 Å². The van der Waals surface area contributed by atoms with Crippen LogP contribution >= 0.6 is 0 Å². The molecule has 3 atom stereocenters. The van der Waals surface area contributed by atoms with Gasteiger partial charge >= 0.3 is 6.03 Å². The number of rotatable bonds is 5. The third kappa shape index (κ3) is 2.73. The summed E-state index contributed by atoms with van der Waals surface area (Å²) in [6.45, 7) is 3.79. The predicted molar refractivity (Wildman–Crippen MR) is 84.7 cm³/mol. The van der Waals surface area contributed by atoms with Crippen LogP contribution in [0.25, 0.3) is 0 Å². The van der Waals surface area contributed by atoms with Crippen molar-refractivity contribution in [3.63, 3.8) is 0 Å². The van der Waals surface area contributed by atoms with Crippen molar-refractivity contribution in [2.75, 3.05) is 19.8 Å². The first-order valence-corrected chi connectivity index (χ1v) is 9.01. The Morgan fingerprint density at radius 1 is 1.36 bits per heavy atom. The lowest BCUT2D eigenvalue weighted by atomic mass is 9.51. The summed E-state index contributed by atoms with van der Waals surface area (Å²) in [6, 6.07) is 0.560. The Morgan fingerprint density at radius 3 is 2.82 bits per heavy atom. The Balaban J connectivity index is 1.57. The van der Waals surface area contributed by atoms with Crippen LogP contribution in [-0.2, 0) is 4.74 Å². The number of hydrogen-bond acceptors (Lipinski definition) is 3. The van der Waals surface area contributed by atoms with Crippen LogP contribution in [0.5, 0.6) is 0 Å². The molecule has 3 rings (SSSR count). The molecule has 2 N–H and O–H groups in total. The van der Waals surface area contributed by atoms with Gasteiger partial charge in [0.2, 0.25) is 0 Å². The first-order valence-electron chi connectivity index (χ1n) is 9.01. The summed E-state index contributed by atoms with van der Waals surface area (Å²) in [4.78, 5) is 14.6. The van der Waals surface area contributed by atoms with Crippen LogP contribution in [0.3, 0.4) is 0 Å². The standard InChI is InChI=1S/C17H30N2O3/c1-2-22-15-12-14(17(15)8-5-9-17)18-16(21)19-10-4-3-6-13(19)7-11-20/h13-15,20H,2-12H2,1H3,(H,18,21). The van der Waals surface area contributed by atoms with Crippen LogP contribution in [0.1, 0.15) is 58.3 Å². The number of amides is 2. The Labute approximate surface area is 133 Å². The van der Waals surface area contributed by atoms with E-state index < -0.39 is 0 Å². The molecule has 0 aromatic rings. The van der Waals surface area contributed by atoms with Gasteiger partial charge in [-0.2, -0.15) is 0 Å². The van der Waals surface area contributed by atoms with E-state index in [4.69, 9.17) is 4.74 Å². The minimum Gasteiger partial charge on any atom is -0.396 e. The third-order valence-electron chi connectivity index (χ3n) is 6.09. The maximum atomic E-state index is 12.7. The number of likely N-dealkylation sites (tertiary alicyclic amines) is 1. The van der Waals surface area contributed by atoms with Crippen LogP contribution in [0.2, 0.25) is 0 Å². The normalized spacial score (nSPS) is 33.2. The SMILES string of the molecule is CCOC1CC(NC(=O)N2CCCCC2CCO)C12CCC2. The lowest BCUT2D eigenvalue weighted by Crippen LogP contribution is -2.69. The predicted octanol–water partition coefficient (Wildman–Crippen LogP) is 2.28. The van der Waals surface area contributed by atoms with E-state index in [2.05, 4.69) is 5.32 Å². The topological polar surface area (TPSA) is 61.8 Å². The van der Waals surface area contributed by atoms with Gasteiger partial charge in [-0.25, -0.2) is 4.79 Å². The molecule has 3 fully saturated rings. The molecule has 5 heteroatoms. The molecular formula is C17H30N2O3. The van der Waals surface area contributed by atoms with Crippen molar-refractivity contribution in [2.45, 2.75) is 76.5 Å². The first kappa shape index (κ1) is 16.1. The number of nitrogens with zero attached hydrogens (tertiary/aromatic N) is 1. The fourth-order valence-corrected chi connectivity index (χ4v) is 4.59. The smallest absolute Gasteiger partial charge is 0.317 e. The summed E-state index contributed by atoms with van der Waals surface area (Å²) in [7, 11) is 0. The van der Waals surface area contributed by atoms with E-state index in [1.165, 1.54) is 19.3 Å². The molecule has 1 aliphatic heterocycles. The fraction of sp³-hybridized carbons (Fsp3) is 0.941. The van der Waals surface area contributed by atoms with Crippen molar-refractivity contribution >= 4 is 6.03 Å². The van der Waals surface area contributed by atoms with Gasteiger partial charge in [-0.15, -0.1) is 0 Å². The molecule has 0 radical (unpaired) electrons. The first-order chi connectivity index (χ1) is 10.7. The zero-order valence-corrected chi connectivity index (χ0v) is 13.7. The highest BCUT2D eigenvalue weighted by molar-refractivity contribution is 5.75. The Bertz CT molecular complexity index is 395. The van der Waals surface area contributed by atoms with Gasteiger partial charge in [0.25, 0.3) is 0 Å². The second-order valence-corrected chi connectivity index (χ2v) is 7.12. The van der Waals surface area contributed by atoms with E-state index in [-0.39, 0.29) is 30.1 Å². The van der Waals surface area contributed by atoms with Crippen molar-refractivity contribution in [2.24, 2.45) is 5.41 Å². The minimum absolute atomic E-state index is 0.0735. The molecule has 3 unspecified atom stereocenters. The molecule has 126 valence electrons. The summed E-state index contributed by atoms with van der Waals surface area (Å²) in [5, 5.41) is 12.5. The third-order valence-corrected chi connectivity index (χ3v) is 6.09. The van der Waals surface area contributed by atoms with Gasteiger partial charge < -0.3 is 20.1 Å². The highest BCUT2D eigenvalue weighted by Crippen LogP contribution is 2.57. The van der Waals surface area contributed by atoms with Crippen LogP contribution in [-0.4, -0.2) is 54.0 Å². The number of piperidine rings is 1. The number of nitrogens with one attached hydrogen (secondary N) is 1. The van der Waals surface area contributed by atoms with Gasteiger partial charge in [0.05, 0.1) is 6.10 Å². The summed E-state index contributed by atoms with van der Waals surface area (Å²) in [5.41, 5.74) is 0.216. The maximum Gasteiger partial charge on any atom is 0.317 e. The molecule has 0 aromatic heterocycles. The molecule has 1 spiro atoms. The number of aliphatic hydroxyl groups excluding tert-OH is 1. The fourth-order valence-electron chi connectivity index (χ4n) is 4.59. The molecule has 0 aromatic carbocycles. The molecule has 22 heavy (non-hydrogen) atoms. The van der Waals surface area contributed by atoms with E-state index in [1.54, 1.807) is 0 Å². The molecule has 1 saturated heterocycles.